The highest BCUT2D eigenvalue weighted by atomic mass is 35.5. The first-order chi connectivity index (χ1) is 14.4. The summed E-state index contributed by atoms with van der Waals surface area (Å²) in [7, 11) is 0. The minimum absolute atomic E-state index is 0.228. The molecule has 1 N–H and O–H groups in total. The van der Waals surface area contributed by atoms with Gasteiger partial charge >= 0.3 is 6.09 Å². The van der Waals surface area contributed by atoms with Crippen LogP contribution in [0.5, 0.6) is 5.75 Å². The zero-order chi connectivity index (χ0) is 21.3. The first kappa shape index (κ1) is 20.9. The standard InChI is InChI=1S/C23H18Cl3NO3/c24-16-9-15-10-17(13-27(23(28)29)12-14-5-2-1-3-6-14)30-22(15)18(11-16)21-19(25)7-4-8-20(21)26/h1-9,11,17H,10,12-13H2,(H,28,29). The monoisotopic (exact) mass is 461 g/mol. The van der Waals surface area contributed by atoms with Crippen molar-refractivity contribution < 1.29 is 14.6 Å². The number of nitrogens with zero attached hydrogens (tertiary/aromatic N) is 1. The second-order valence-electron chi connectivity index (χ2n) is 7.13. The van der Waals surface area contributed by atoms with E-state index in [1.54, 1.807) is 24.3 Å². The minimum Gasteiger partial charge on any atom is -0.487 e. The number of halogens is 3. The van der Waals surface area contributed by atoms with Gasteiger partial charge in [0.1, 0.15) is 11.9 Å². The molecule has 0 fully saturated rings. The molecule has 1 aliphatic rings. The third-order valence-electron chi connectivity index (χ3n) is 5.01. The number of amides is 1. The van der Waals surface area contributed by atoms with E-state index in [1.807, 2.05) is 36.4 Å². The van der Waals surface area contributed by atoms with Gasteiger partial charge in [0.05, 0.1) is 16.6 Å². The highest BCUT2D eigenvalue weighted by Gasteiger charge is 2.30. The molecule has 4 nitrogen and oxygen atoms in total. The molecule has 3 aromatic rings. The summed E-state index contributed by atoms with van der Waals surface area (Å²) in [5.74, 6) is 0.643. The second kappa shape index (κ2) is 8.76. The number of rotatable bonds is 5. The predicted molar refractivity (Wildman–Crippen MR) is 120 cm³/mol. The fraction of sp³-hybridized carbons (Fsp3) is 0.174. The topological polar surface area (TPSA) is 49.8 Å². The van der Waals surface area contributed by atoms with Crippen LogP contribution in [0.3, 0.4) is 0 Å². The van der Waals surface area contributed by atoms with Crippen LogP contribution in [-0.4, -0.2) is 28.7 Å². The molecule has 0 spiro atoms. The van der Waals surface area contributed by atoms with Gasteiger partial charge in [-0.05, 0) is 29.8 Å². The number of benzene rings is 3. The summed E-state index contributed by atoms with van der Waals surface area (Å²) in [6.45, 7) is 0.516. The molecule has 30 heavy (non-hydrogen) atoms. The highest BCUT2D eigenvalue weighted by Crippen LogP contribution is 2.45. The van der Waals surface area contributed by atoms with Gasteiger partial charge in [-0.25, -0.2) is 4.79 Å². The molecule has 0 saturated carbocycles. The Hall–Kier alpha value is -2.40. The van der Waals surface area contributed by atoms with Crippen LogP contribution in [0.25, 0.3) is 11.1 Å². The van der Waals surface area contributed by atoms with Gasteiger partial charge in [-0.3, -0.25) is 0 Å². The van der Waals surface area contributed by atoms with E-state index in [4.69, 9.17) is 39.5 Å². The highest BCUT2D eigenvalue weighted by molar-refractivity contribution is 6.39. The summed E-state index contributed by atoms with van der Waals surface area (Å²) >= 11 is 19.2. The number of carbonyl (C=O) groups is 1. The van der Waals surface area contributed by atoms with Crippen molar-refractivity contribution in [1.29, 1.82) is 0 Å². The zero-order valence-electron chi connectivity index (χ0n) is 15.8. The maximum absolute atomic E-state index is 11.8. The molecule has 1 atom stereocenters. The maximum Gasteiger partial charge on any atom is 0.407 e. The van der Waals surface area contributed by atoms with Crippen LogP contribution >= 0.6 is 34.8 Å². The fourth-order valence-electron chi connectivity index (χ4n) is 3.70. The Bertz CT molecular complexity index is 1070. The van der Waals surface area contributed by atoms with E-state index < -0.39 is 6.09 Å². The average molecular weight is 463 g/mol. The molecule has 4 rings (SSSR count). The van der Waals surface area contributed by atoms with Crippen molar-refractivity contribution in [2.75, 3.05) is 6.54 Å². The van der Waals surface area contributed by atoms with Crippen LogP contribution < -0.4 is 4.74 Å². The fourth-order valence-corrected chi connectivity index (χ4v) is 4.54. The number of fused-ring (bicyclic) bond motifs is 1. The van der Waals surface area contributed by atoms with Crippen molar-refractivity contribution in [3.63, 3.8) is 0 Å². The molecule has 3 aromatic carbocycles. The summed E-state index contributed by atoms with van der Waals surface area (Å²) in [6.07, 6.45) is -0.784. The lowest BCUT2D eigenvalue weighted by Crippen LogP contribution is -2.37. The van der Waals surface area contributed by atoms with Crippen LogP contribution in [0.15, 0.2) is 60.7 Å². The van der Waals surface area contributed by atoms with E-state index in [-0.39, 0.29) is 19.2 Å². The van der Waals surface area contributed by atoms with Crippen LogP contribution in [0.2, 0.25) is 15.1 Å². The zero-order valence-corrected chi connectivity index (χ0v) is 18.1. The predicted octanol–water partition coefficient (Wildman–Crippen LogP) is 6.80. The van der Waals surface area contributed by atoms with Crippen LogP contribution in [-0.2, 0) is 13.0 Å². The Labute approximate surface area is 189 Å². The van der Waals surface area contributed by atoms with E-state index in [0.29, 0.717) is 38.4 Å². The number of ether oxygens (including phenoxy) is 1. The Kier molecular flexibility index (Phi) is 6.09. The SMILES string of the molecule is O=C(O)N(Cc1ccccc1)CC1Cc2cc(Cl)cc(-c3c(Cl)cccc3Cl)c2O1. The lowest BCUT2D eigenvalue weighted by molar-refractivity contribution is 0.113. The van der Waals surface area contributed by atoms with Crippen molar-refractivity contribution in [2.45, 2.75) is 19.1 Å². The quantitative estimate of drug-likeness (QED) is 0.454. The van der Waals surface area contributed by atoms with Gasteiger partial charge in [-0.15, -0.1) is 0 Å². The Morgan fingerprint density at radius 3 is 2.40 bits per heavy atom. The van der Waals surface area contributed by atoms with Crippen LogP contribution in [0, 0.1) is 0 Å². The summed E-state index contributed by atoms with van der Waals surface area (Å²) in [6, 6.07) is 18.4. The number of hydrogen-bond acceptors (Lipinski definition) is 2. The summed E-state index contributed by atoms with van der Waals surface area (Å²) in [5, 5.41) is 11.2. The Morgan fingerprint density at radius 1 is 1.03 bits per heavy atom. The summed E-state index contributed by atoms with van der Waals surface area (Å²) in [4.78, 5) is 13.2. The molecule has 0 saturated heterocycles. The van der Waals surface area contributed by atoms with Gasteiger partial charge in [0.25, 0.3) is 0 Å². The molecule has 0 aromatic heterocycles. The molecule has 1 heterocycles. The van der Waals surface area contributed by atoms with Crippen molar-refractivity contribution in [1.82, 2.24) is 4.90 Å². The first-order valence-electron chi connectivity index (χ1n) is 9.37. The maximum atomic E-state index is 11.8. The third-order valence-corrected chi connectivity index (χ3v) is 5.85. The third kappa shape index (κ3) is 4.36. The lowest BCUT2D eigenvalue weighted by atomic mass is 10.00. The number of carboxylic acid groups (broad SMARTS) is 1. The normalized spacial score (nSPS) is 14.8. The molecule has 0 radical (unpaired) electrons. The summed E-state index contributed by atoms with van der Waals surface area (Å²) < 4.78 is 6.19. The Morgan fingerprint density at radius 2 is 1.73 bits per heavy atom. The van der Waals surface area contributed by atoms with Gasteiger partial charge in [0, 0.05) is 34.7 Å². The largest absolute Gasteiger partial charge is 0.487 e. The molecule has 1 aliphatic heterocycles. The van der Waals surface area contributed by atoms with E-state index >= 15 is 0 Å². The van der Waals surface area contributed by atoms with Gasteiger partial charge in [0.15, 0.2) is 0 Å². The van der Waals surface area contributed by atoms with E-state index in [1.165, 1.54) is 4.90 Å². The van der Waals surface area contributed by atoms with Gasteiger partial charge < -0.3 is 14.7 Å². The van der Waals surface area contributed by atoms with E-state index in [9.17, 15) is 9.90 Å². The first-order valence-corrected chi connectivity index (χ1v) is 10.5. The number of hydrogen-bond donors (Lipinski definition) is 1. The van der Waals surface area contributed by atoms with Gasteiger partial charge in [-0.1, -0.05) is 71.2 Å². The molecule has 1 amide bonds. The summed E-state index contributed by atoms with van der Waals surface area (Å²) in [5.41, 5.74) is 3.19. The van der Waals surface area contributed by atoms with Crippen molar-refractivity contribution in [3.8, 4) is 16.9 Å². The van der Waals surface area contributed by atoms with Crippen molar-refractivity contribution in [2.24, 2.45) is 0 Å². The second-order valence-corrected chi connectivity index (χ2v) is 8.38. The van der Waals surface area contributed by atoms with Crippen LogP contribution in [0.1, 0.15) is 11.1 Å². The lowest BCUT2D eigenvalue weighted by Gasteiger charge is -2.23. The molecule has 0 bridgehead atoms. The molecule has 1 unspecified atom stereocenters. The molecular weight excluding hydrogens is 445 g/mol. The molecule has 0 aliphatic carbocycles. The minimum atomic E-state index is -0.995. The smallest absolute Gasteiger partial charge is 0.407 e. The van der Waals surface area contributed by atoms with E-state index in [0.717, 1.165) is 11.1 Å². The van der Waals surface area contributed by atoms with Crippen molar-refractivity contribution in [3.05, 3.63) is 86.9 Å². The van der Waals surface area contributed by atoms with E-state index in [2.05, 4.69) is 0 Å². The van der Waals surface area contributed by atoms with Crippen molar-refractivity contribution >= 4 is 40.9 Å². The Balaban J connectivity index is 1.61. The molecular formula is C23H18Cl3NO3. The average Bonchev–Trinajstić information content (AvgIpc) is 3.10. The molecule has 7 heteroatoms. The molecule has 154 valence electrons. The van der Waals surface area contributed by atoms with Crippen LogP contribution in [0.4, 0.5) is 4.79 Å². The van der Waals surface area contributed by atoms with Gasteiger partial charge in [0.2, 0.25) is 0 Å². The van der Waals surface area contributed by atoms with Gasteiger partial charge in [-0.2, -0.15) is 0 Å².